The maximum atomic E-state index is 11.9. The number of esters is 1. The Morgan fingerprint density at radius 1 is 1.39 bits per heavy atom. The molecule has 1 aliphatic carbocycles. The maximum Gasteiger partial charge on any atom is 0.309 e. The highest BCUT2D eigenvalue weighted by Crippen LogP contribution is 2.45. The SMILES string of the molecule is CCC[C@@]1(C2=C(C)C(=O)[C@@H](C)C2)OC(=O)C[C@@H]1O. The molecule has 0 aromatic heterocycles. The third-order valence-corrected chi connectivity index (χ3v) is 4.11. The number of ketones is 1. The van der Waals surface area contributed by atoms with Crippen LogP contribution in [0.2, 0.25) is 0 Å². The van der Waals surface area contributed by atoms with Crippen LogP contribution in [0.25, 0.3) is 0 Å². The highest BCUT2D eigenvalue weighted by molar-refractivity contribution is 6.00. The minimum Gasteiger partial charge on any atom is -0.452 e. The molecule has 3 atom stereocenters. The van der Waals surface area contributed by atoms with E-state index in [0.717, 1.165) is 12.0 Å². The lowest BCUT2D eigenvalue weighted by atomic mass is 9.82. The Hall–Kier alpha value is -1.16. The lowest BCUT2D eigenvalue weighted by Crippen LogP contribution is -2.41. The summed E-state index contributed by atoms with van der Waals surface area (Å²) in [7, 11) is 0. The molecule has 2 rings (SSSR count). The number of rotatable bonds is 3. The predicted octanol–water partition coefficient (Wildman–Crippen LogP) is 1.76. The fourth-order valence-corrected chi connectivity index (χ4v) is 3.20. The predicted molar refractivity (Wildman–Crippen MR) is 65.8 cm³/mol. The van der Waals surface area contributed by atoms with E-state index in [1.807, 2.05) is 13.8 Å². The molecule has 0 amide bonds. The van der Waals surface area contributed by atoms with E-state index in [4.69, 9.17) is 4.74 Å². The lowest BCUT2D eigenvalue weighted by molar-refractivity contribution is -0.148. The highest BCUT2D eigenvalue weighted by Gasteiger charge is 2.53. The molecule has 0 bridgehead atoms. The number of carbonyl (C=O) groups excluding carboxylic acids is 2. The van der Waals surface area contributed by atoms with E-state index in [2.05, 4.69) is 0 Å². The second-order valence-corrected chi connectivity index (χ2v) is 5.41. The smallest absolute Gasteiger partial charge is 0.309 e. The van der Waals surface area contributed by atoms with Crippen molar-refractivity contribution in [2.24, 2.45) is 5.92 Å². The standard InChI is InChI=1S/C14H20O4/c1-4-5-14(11(15)7-12(16)18-14)10-6-8(2)13(17)9(10)3/h8,11,15H,4-7H2,1-3H3/t8-,11-,14-/m0/s1. The number of carbonyl (C=O) groups is 2. The monoisotopic (exact) mass is 252 g/mol. The fraction of sp³-hybridized carbons (Fsp3) is 0.714. The first kappa shape index (κ1) is 13.3. The van der Waals surface area contributed by atoms with Gasteiger partial charge in [-0.2, -0.15) is 0 Å². The van der Waals surface area contributed by atoms with Crippen molar-refractivity contribution in [3.63, 3.8) is 0 Å². The lowest BCUT2D eigenvalue weighted by Gasteiger charge is -2.33. The molecule has 0 radical (unpaired) electrons. The number of hydrogen-bond donors (Lipinski definition) is 1. The third kappa shape index (κ3) is 1.79. The van der Waals surface area contributed by atoms with Gasteiger partial charge in [-0.3, -0.25) is 9.59 Å². The summed E-state index contributed by atoms with van der Waals surface area (Å²) < 4.78 is 5.45. The third-order valence-electron chi connectivity index (χ3n) is 4.11. The molecule has 0 aromatic carbocycles. The van der Waals surface area contributed by atoms with Gasteiger partial charge in [-0.05, 0) is 30.9 Å². The van der Waals surface area contributed by atoms with Crippen LogP contribution in [0.15, 0.2) is 11.1 Å². The normalized spacial score (nSPS) is 36.4. The Morgan fingerprint density at radius 2 is 2.06 bits per heavy atom. The average Bonchev–Trinajstić information content (AvgIpc) is 2.72. The molecule has 4 nitrogen and oxygen atoms in total. The molecule has 18 heavy (non-hydrogen) atoms. The zero-order valence-corrected chi connectivity index (χ0v) is 11.2. The van der Waals surface area contributed by atoms with E-state index in [-0.39, 0.29) is 24.1 Å². The molecular weight excluding hydrogens is 232 g/mol. The summed E-state index contributed by atoms with van der Waals surface area (Å²) in [5.74, 6) is -0.334. The first-order valence-corrected chi connectivity index (χ1v) is 6.56. The van der Waals surface area contributed by atoms with Gasteiger partial charge in [0.15, 0.2) is 11.4 Å². The molecule has 1 N–H and O–H groups in total. The first-order valence-electron chi connectivity index (χ1n) is 6.56. The van der Waals surface area contributed by atoms with E-state index in [1.54, 1.807) is 6.92 Å². The minimum absolute atomic E-state index is 0.0271. The topological polar surface area (TPSA) is 63.6 Å². The van der Waals surface area contributed by atoms with Crippen LogP contribution in [-0.2, 0) is 14.3 Å². The molecule has 1 heterocycles. The molecule has 1 fully saturated rings. The Labute approximate surface area is 107 Å². The second-order valence-electron chi connectivity index (χ2n) is 5.41. The van der Waals surface area contributed by atoms with Gasteiger partial charge in [0.25, 0.3) is 0 Å². The van der Waals surface area contributed by atoms with E-state index in [1.165, 1.54) is 0 Å². The number of hydrogen-bond acceptors (Lipinski definition) is 4. The van der Waals surface area contributed by atoms with Crippen molar-refractivity contribution in [3.8, 4) is 0 Å². The quantitative estimate of drug-likeness (QED) is 0.777. The van der Waals surface area contributed by atoms with Crippen molar-refractivity contribution >= 4 is 11.8 Å². The summed E-state index contributed by atoms with van der Waals surface area (Å²) in [6.07, 6.45) is 1.16. The summed E-state index contributed by atoms with van der Waals surface area (Å²) in [5.41, 5.74) is 0.556. The minimum atomic E-state index is -0.948. The second kappa shape index (κ2) is 4.50. The molecule has 0 saturated carbocycles. The maximum absolute atomic E-state index is 11.9. The summed E-state index contributed by atoms with van der Waals surface area (Å²) in [4.78, 5) is 23.4. The van der Waals surface area contributed by atoms with Crippen LogP contribution in [0.3, 0.4) is 0 Å². The van der Waals surface area contributed by atoms with Gasteiger partial charge in [0.05, 0.1) is 6.42 Å². The van der Waals surface area contributed by atoms with E-state index < -0.39 is 11.7 Å². The summed E-state index contributed by atoms with van der Waals surface area (Å²) in [6.45, 7) is 5.63. The highest BCUT2D eigenvalue weighted by atomic mass is 16.6. The van der Waals surface area contributed by atoms with Gasteiger partial charge in [-0.15, -0.1) is 0 Å². The number of allylic oxidation sites excluding steroid dienone is 1. The molecule has 0 unspecified atom stereocenters. The van der Waals surface area contributed by atoms with E-state index in [9.17, 15) is 14.7 Å². The largest absolute Gasteiger partial charge is 0.452 e. The first-order chi connectivity index (χ1) is 8.42. The van der Waals surface area contributed by atoms with Crippen LogP contribution in [-0.4, -0.2) is 28.6 Å². The Kier molecular flexibility index (Phi) is 3.32. The van der Waals surface area contributed by atoms with Crippen LogP contribution >= 0.6 is 0 Å². The van der Waals surface area contributed by atoms with Gasteiger partial charge in [0, 0.05) is 5.92 Å². The van der Waals surface area contributed by atoms with Crippen molar-refractivity contribution in [3.05, 3.63) is 11.1 Å². The molecule has 2 aliphatic rings. The number of ether oxygens (including phenoxy) is 1. The summed E-state index contributed by atoms with van der Waals surface area (Å²) in [6, 6.07) is 0. The van der Waals surface area contributed by atoms with Crippen molar-refractivity contribution in [2.75, 3.05) is 0 Å². The van der Waals surface area contributed by atoms with Crippen LogP contribution in [0.5, 0.6) is 0 Å². The van der Waals surface area contributed by atoms with Crippen LogP contribution in [0.4, 0.5) is 0 Å². The van der Waals surface area contributed by atoms with Gasteiger partial charge in [-0.25, -0.2) is 0 Å². The van der Waals surface area contributed by atoms with E-state index >= 15 is 0 Å². The van der Waals surface area contributed by atoms with E-state index in [0.29, 0.717) is 18.4 Å². The van der Waals surface area contributed by atoms with Crippen molar-refractivity contribution in [2.45, 2.75) is 58.2 Å². The molecule has 4 heteroatoms. The Morgan fingerprint density at radius 3 is 2.44 bits per heavy atom. The number of Topliss-reactive ketones (excluding diaryl/α,β-unsaturated/α-hetero) is 1. The van der Waals surface area contributed by atoms with Crippen molar-refractivity contribution in [1.29, 1.82) is 0 Å². The Bertz CT molecular complexity index is 424. The molecule has 0 aromatic rings. The van der Waals surface area contributed by atoms with Crippen LogP contribution in [0, 0.1) is 5.92 Å². The molecular formula is C14H20O4. The van der Waals surface area contributed by atoms with Crippen LogP contribution < -0.4 is 0 Å². The van der Waals surface area contributed by atoms with Gasteiger partial charge in [-0.1, -0.05) is 20.3 Å². The Balaban J connectivity index is 2.44. The zero-order chi connectivity index (χ0) is 13.5. The van der Waals surface area contributed by atoms with Gasteiger partial charge in [0.1, 0.15) is 6.10 Å². The van der Waals surface area contributed by atoms with Crippen molar-refractivity contribution < 1.29 is 19.4 Å². The number of aliphatic hydroxyl groups excluding tert-OH is 1. The number of aliphatic hydroxyl groups is 1. The zero-order valence-electron chi connectivity index (χ0n) is 11.2. The molecule has 100 valence electrons. The molecule has 1 saturated heterocycles. The average molecular weight is 252 g/mol. The number of cyclic esters (lactones) is 1. The molecule has 0 spiro atoms. The van der Waals surface area contributed by atoms with Gasteiger partial charge in [0.2, 0.25) is 0 Å². The van der Waals surface area contributed by atoms with Gasteiger partial charge >= 0.3 is 5.97 Å². The summed E-state index contributed by atoms with van der Waals surface area (Å²) >= 11 is 0. The van der Waals surface area contributed by atoms with Crippen LogP contribution in [0.1, 0.15) is 46.5 Å². The fourth-order valence-electron chi connectivity index (χ4n) is 3.20. The van der Waals surface area contributed by atoms with Crippen molar-refractivity contribution in [1.82, 2.24) is 0 Å². The summed E-state index contributed by atoms with van der Waals surface area (Å²) in [5, 5.41) is 10.2. The van der Waals surface area contributed by atoms with Gasteiger partial charge < -0.3 is 9.84 Å². The molecule has 1 aliphatic heterocycles.